The molecule has 3 aromatic carbocycles. The molecule has 0 heterocycles. The zero-order valence-electron chi connectivity index (χ0n) is 10.9. The van der Waals surface area contributed by atoms with Crippen molar-refractivity contribution in [2.24, 2.45) is 0 Å². The van der Waals surface area contributed by atoms with Crippen molar-refractivity contribution >= 4 is 40.3 Å². The zero-order valence-corrected chi connectivity index (χ0v) is 13.6. The monoisotopic (exact) mass is 337 g/mol. The van der Waals surface area contributed by atoms with Gasteiger partial charge in [0.25, 0.3) is 0 Å². The molecule has 0 aromatic heterocycles. The Morgan fingerprint density at radius 3 is 1.50 bits per heavy atom. The molecule has 0 saturated carbocycles. The molecule has 0 aliphatic rings. The van der Waals surface area contributed by atoms with E-state index < -0.39 is 14.7 Å². The first-order chi connectivity index (χ1) is 9.86. The van der Waals surface area contributed by atoms with Crippen LogP contribution in [0, 0.1) is 0 Å². The van der Waals surface area contributed by atoms with Gasteiger partial charge >= 0.3 is 130 Å². The first-order valence-corrected chi connectivity index (χ1v) is 9.75. The van der Waals surface area contributed by atoms with Crippen LogP contribution < -0.4 is 13.1 Å². The summed E-state index contributed by atoms with van der Waals surface area (Å²) in [5.74, 6) is 0. The van der Waals surface area contributed by atoms with Crippen LogP contribution in [0.4, 0.5) is 0 Å². The van der Waals surface area contributed by atoms with Gasteiger partial charge in [-0.1, -0.05) is 0 Å². The SMILES string of the molecule is [S-]c1ccccc1[As](c1ccccc1)c1ccccc1. The standard InChI is InChI=1S/C18H15AsS/c20-18-14-8-7-13-17(18)19(15-9-3-1-4-10-15)16-11-5-2-6-12-16/h1-14,20H/p-1. The minimum atomic E-state index is -1.53. The van der Waals surface area contributed by atoms with Gasteiger partial charge in [0.2, 0.25) is 0 Å². The molecule has 20 heavy (non-hydrogen) atoms. The molecule has 0 fully saturated rings. The van der Waals surface area contributed by atoms with Gasteiger partial charge in [0, 0.05) is 0 Å². The number of benzene rings is 3. The van der Waals surface area contributed by atoms with Crippen LogP contribution in [-0.2, 0) is 12.6 Å². The van der Waals surface area contributed by atoms with Crippen LogP contribution in [-0.4, -0.2) is 14.7 Å². The van der Waals surface area contributed by atoms with Crippen LogP contribution in [0.15, 0.2) is 89.8 Å². The van der Waals surface area contributed by atoms with Crippen LogP contribution in [0.25, 0.3) is 0 Å². The van der Waals surface area contributed by atoms with Gasteiger partial charge in [-0.3, -0.25) is 0 Å². The fraction of sp³-hybridized carbons (Fsp3) is 0. The Morgan fingerprint density at radius 2 is 1.00 bits per heavy atom. The number of rotatable bonds is 3. The summed E-state index contributed by atoms with van der Waals surface area (Å²) in [5.41, 5.74) is 0. The fourth-order valence-corrected chi connectivity index (χ4v) is 7.72. The summed E-state index contributed by atoms with van der Waals surface area (Å²) in [5, 5.41) is 0. The van der Waals surface area contributed by atoms with Crippen LogP contribution in [0.2, 0.25) is 0 Å². The van der Waals surface area contributed by atoms with Crippen LogP contribution in [0.3, 0.4) is 0 Å². The van der Waals surface area contributed by atoms with Crippen molar-refractivity contribution in [3.63, 3.8) is 0 Å². The van der Waals surface area contributed by atoms with Crippen molar-refractivity contribution in [3.05, 3.63) is 84.9 Å². The summed E-state index contributed by atoms with van der Waals surface area (Å²) in [6, 6.07) is 29.9. The molecule has 2 heteroatoms. The Hall–Kier alpha value is -1.56. The summed E-state index contributed by atoms with van der Waals surface area (Å²) in [7, 11) is 0. The Balaban J connectivity index is 2.17. The van der Waals surface area contributed by atoms with Crippen molar-refractivity contribution < 1.29 is 0 Å². The molecule has 0 radical (unpaired) electrons. The predicted octanol–water partition coefficient (Wildman–Crippen LogP) is 2.11. The summed E-state index contributed by atoms with van der Waals surface area (Å²) in [6.07, 6.45) is 0. The van der Waals surface area contributed by atoms with Gasteiger partial charge in [-0.05, 0) is 0 Å². The molecule has 0 saturated heterocycles. The average molecular weight is 337 g/mol. The molecule has 0 atom stereocenters. The summed E-state index contributed by atoms with van der Waals surface area (Å²) in [6.45, 7) is 0. The molecule has 0 unspecified atom stereocenters. The molecule has 98 valence electrons. The van der Waals surface area contributed by atoms with E-state index in [2.05, 4.69) is 72.8 Å². The van der Waals surface area contributed by atoms with E-state index in [1.165, 1.54) is 13.1 Å². The van der Waals surface area contributed by atoms with Gasteiger partial charge in [0.1, 0.15) is 0 Å². The number of hydrogen-bond donors (Lipinski definition) is 0. The maximum absolute atomic E-state index is 5.56. The molecule has 0 amide bonds. The summed E-state index contributed by atoms with van der Waals surface area (Å²) < 4.78 is 4.18. The van der Waals surface area contributed by atoms with Crippen molar-refractivity contribution in [3.8, 4) is 0 Å². The van der Waals surface area contributed by atoms with E-state index in [9.17, 15) is 0 Å². The Labute approximate surface area is 130 Å². The Bertz CT molecular complexity index is 641. The molecule has 3 aromatic rings. The van der Waals surface area contributed by atoms with Crippen LogP contribution >= 0.6 is 0 Å². The van der Waals surface area contributed by atoms with E-state index in [-0.39, 0.29) is 0 Å². The first-order valence-electron chi connectivity index (χ1n) is 6.52. The molecular formula is C18H14AsS-. The van der Waals surface area contributed by atoms with Crippen molar-refractivity contribution in [1.82, 2.24) is 0 Å². The Kier molecular flexibility index (Phi) is 4.20. The zero-order chi connectivity index (χ0) is 13.8. The Morgan fingerprint density at radius 1 is 0.550 bits per heavy atom. The van der Waals surface area contributed by atoms with Gasteiger partial charge in [-0.2, -0.15) is 0 Å². The molecular weight excluding hydrogens is 323 g/mol. The molecule has 0 nitrogen and oxygen atoms in total. The van der Waals surface area contributed by atoms with E-state index in [0.29, 0.717) is 0 Å². The minimum absolute atomic E-state index is 0.986. The van der Waals surface area contributed by atoms with Crippen molar-refractivity contribution in [2.75, 3.05) is 0 Å². The normalized spacial score (nSPS) is 10.7. The summed E-state index contributed by atoms with van der Waals surface area (Å²) in [4.78, 5) is 0.986. The number of hydrogen-bond acceptors (Lipinski definition) is 1. The van der Waals surface area contributed by atoms with E-state index in [1.807, 2.05) is 12.1 Å². The second-order valence-corrected chi connectivity index (χ2v) is 9.50. The van der Waals surface area contributed by atoms with Gasteiger partial charge in [-0.25, -0.2) is 0 Å². The predicted molar refractivity (Wildman–Crippen MR) is 89.6 cm³/mol. The van der Waals surface area contributed by atoms with E-state index >= 15 is 0 Å². The topological polar surface area (TPSA) is 0 Å². The molecule has 0 aliphatic carbocycles. The molecule has 0 N–H and O–H groups in total. The first kappa shape index (κ1) is 13.4. The third-order valence-electron chi connectivity index (χ3n) is 3.13. The van der Waals surface area contributed by atoms with E-state index in [4.69, 9.17) is 12.6 Å². The quantitative estimate of drug-likeness (QED) is 0.521. The van der Waals surface area contributed by atoms with E-state index in [0.717, 1.165) is 4.90 Å². The van der Waals surface area contributed by atoms with Gasteiger partial charge < -0.3 is 0 Å². The third kappa shape index (κ3) is 2.80. The fourth-order valence-electron chi connectivity index (χ4n) is 2.22. The molecule has 0 spiro atoms. The van der Waals surface area contributed by atoms with E-state index in [1.54, 1.807) is 0 Å². The summed E-state index contributed by atoms with van der Waals surface area (Å²) >= 11 is 4.03. The van der Waals surface area contributed by atoms with Gasteiger partial charge in [0.05, 0.1) is 0 Å². The second kappa shape index (κ2) is 6.26. The van der Waals surface area contributed by atoms with Crippen LogP contribution in [0.5, 0.6) is 0 Å². The van der Waals surface area contributed by atoms with Crippen molar-refractivity contribution in [1.29, 1.82) is 0 Å². The average Bonchev–Trinajstić information content (AvgIpc) is 2.52. The van der Waals surface area contributed by atoms with Crippen LogP contribution in [0.1, 0.15) is 0 Å². The van der Waals surface area contributed by atoms with Gasteiger partial charge in [0.15, 0.2) is 0 Å². The second-order valence-electron chi connectivity index (χ2n) is 4.47. The molecule has 0 aliphatic heterocycles. The maximum atomic E-state index is 5.56. The molecule has 3 rings (SSSR count). The van der Waals surface area contributed by atoms with Gasteiger partial charge in [-0.15, -0.1) is 0 Å². The van der Waals surface area contributed by atoms with Crippen molar-refractivity contribution in [2.45, 2.75) is 4.90 Å². The molecule has 0 bridgehead atoms. The third-order valence-corrected chi connectivity index (χ3v) is 9.07.